The highest BCUT2D eigenvalue weighted by Crippen LogP contribution is 2.37. The number of aryl methyl sites for hydroxylation is 4. The molecule has 0 radical (unpaired) electrons. The van der Waals surface area contributed by atoms with Crippen LogP contribution in [0.5, 0.6) is 11.5 Å². The Balaban J connectivity index is 0.708. The molecule has 86 heavy (non-hydrogen) atoms. The highest BCUT2D eigenvalue weighted by Gasteiger charge is 2.45. The zero-order valence-corrected chi connectivity index (χ0v) is 51.6. The van der Waals surface area contributed by atoms with Gasteiger partial charge in [0.05, 0.1) is 67.9 Å². The molecule has 17 nitrogen and oxygen atoms in total. The number of aromatic nitrogens is 2. The molecule has 2 aromatic heterocycles. The van der Waals surface area contributed by atoms with E-state index in [0.29, 0.717) is 113 Å². The fourth-order valence-corrected chi connectivity index (χ4v) is 13.0. The summed E-state index contributed by atoms with van der Waals surface area (Å²) < 4.78 is 35.5. The number of pyridine rings is 1. The summed E-state index contributed by atoms with van der Waals surface area (Å²) in [5.41, 5.74) is 12.7. The molecule has 4 aromatic carbocycles. The number of likely N-dealkylation sites (tertiary alicyclic amines) is 1. The topological polar surface area (TPSA) is 199 Å². The lowest BCUT2D eigenvalue weighted by atomic mass is 9.92. The molecule has 0 saturated carbocycles. The molecule has 9 rings (SSSR count). The van der Waals surface area contributed by atoms with Crippen LogP contribution in [-0.4, -0.2) is 152 Å². The molecule has 0 spiro atoms. The second kappa shape index (κ2) is 30.0. The molecule has 0 aliphatic carbocycles. The van der Waals surface area contributed by atoms with Crippen LogP contribution >= 0.6 is 11.3 Å². The first-order valence-corrected chi connectivity index (χ1v) is 31.2. The first kappa shape index (κ1) is 63.4. The predicted molar refractivity (Wildman–Crippen MR) is 333 cm³/mol. The van der Waals surface area contributed by atoms with Gasteiger partial charge in [-0.15, -0.1) is 11.3 Å². The number of ether oxygens (including phenoxy) is 6. The van der Waals surface area contributed by atoms with Crippen LogP contribution in [0.25, 0.3) is 21.6 Å². The Morgan fingerprint density at radius 1 is 0.802 bits per heavy atom. The Morgan fingerprint density at radius 2 is 1.49 bits per heavy atom. The van der Waals surface area contributed by atoms with Gasteiger partial charge >= 0.3 is 0 Å². The number of benzene rings is 4. The first-order chi connectivity index (χ1) is 41.6. The molecule has 0 bridgehead atoms. The zero-order valence-electron chi connectivity index (χ0n) is 50.8. The molecular weight excluding hydrogens is 1110 g/mol. The standard InChI is InChI=1S/C68H83N5O12S/c1-8-71(53-23-25-80-26-24-53)59-37-52(36-58(46(59)6)61(75)22-20-56-44(4)35-45(5)70-66(56)77)48-15-18-55(19-16-48)84-33-31-82-29-27-81-28-30-83-32-34-85-63-38-50(65-47(7)69-42-86-65)14-13-49(63)17-21-62(76)60-39-54(74)41-72(60)68(79)64(43(2)3)73-40-51-11-9-10-12-57(51)67(73)78/h9-16,18-19,35-38,42-43,53-54,60,64,74H,8,17,20-34,39-41H2,1-7H3,(H,70,77)/t54-,60?,64+/m1/s1. The molecule has 5 heterocycles. The third-order valence-corrected chi connectivity index (χ3v) is 17.7. The number of H-pyrrole nitrogens is 1. The van der Waals surface area contributed by atoms with E-state index in [1.165, 1.54) is 4.90 Å². The van der Waals surface area contributed by atoms with Crippen molar-refractivity contribution in [2.24, 2.45) is 5.92 Å². The summed E-state index contributed by atoms with van der Waals surface area (Å²) in [7, 11) is 0. The molecular formula is C68H83N5O12S. The minimum atomic E-state index is -0.851. The number of fused-ring (bicyclic) bond motifs is 1. The molecule has 3 aliphatic heterocycles. The van der Waals surface area contributed by atoms with Crippen molar-refractivity contribution in [2.45, 2.75) is 124 Å². The number of Topliss-reactive ketones (excluding diaryl/α,β-unsaturated/α-hetero) is 2. The number of nitrogens with one attached hydrogen (secondary N) is 1. The van der Waals surface area contributed by atoms with Crippen LogP contribution in [0.1, 0.15) is 113 Å². The Morgan fingerprint density at radius 3 is 2.15 bits per heavy atom. The average molecular weight is 1190 g/mol. The van der Waals surface area contributed by atoms with E-state index in [1.807, 2.05) is 120 Å². The zero-order chi connectivity index (χ0) is 60.9. The van der Waals surface area contributed by atoms with Crippen LogP contribution in [0.4, 0.5) is 5.69 Å². The van der Waals surface area contributed by atoms with Gasteiger partial charge in [0.25, 0.3) is 11.5 Å². The van der Waals surface area contributed by atoms with Crippen LogP contribution in [0.15, 0.2) is 95.2 Å². The van der Waals surface area contributed by atoms with Crippen molar-refractivity contribution in [3.8, 4) is 33.1 Å². The normalized spacial score (nSPS) is 16.5. The van der Waals surface area contributed by atoms with Crippen molar-refractivity contribution < 1.29 is 52.7 Å². The van der Waals surface area contributed by atoms with E-state index < -0.39 is 18.2 Å². The van der Waals surface area contributed by atoms with Crippen molar-refractivity contribution >= 4 is 40.4 Å². The van der Waals surface area contributed by atoms with Gasteiger partial charge in [-0.05, 0) is 148 Å². The molecule has 6 aromatic rings. The van der Waals surface area contributed by atoms with Crippen LogP contribution in [0.3, 0.4) is 0 Å². The number of nitrogens with zero attached hydrogens (tertiary/aromatic N) is 4. The van der Waals surface area contributed by atoms with Gasteiger partial charge in [0.15, 0.2) is 11.6 Å². The van der Waals surface area contributed by atoms with Crippen LogP contribution < -0.4 is 19.9 Å². The molecule has 2 amide bonds. The number of amides is 2. The summed E-state index contributed by atoms with van der Waals surface area (Å²) in [6, 6.07) is 26.0. The van der Waals surface area contributed by atoms with E-state index in [-0.39, 0.29) is 67.3 Å². The lowest BCUT2D eigenvalue weighted by Crippen LogP contribution is -2.54. The molecule has 3 aliphatic rings. The van der Waals surface area contributed by atoms with Gasteiger partial charge in [0, 0.05) is 86.2 Å². The predicted octanol–water partition coefficient (Wildman–Crippen LogP) is 9.87. The minimum absolute atomic E-state index is 0.00443. The number of ketones is 2. The fraction of sp³-hybridized carbons (Fsp3) is 0.471. The second-order valence-corrected chi connectivity index (χ2v) is 23.8. The quantitative estimate of drug-likeness (QED) is 0.0319. The van der Waals surface area contributed by atoms with Gasteiger partial charge in [-0.2, -0.15) is 0 Å². The number of carbonyl (C=O) groups is 4. The van der Waals surface area contributed by atoms with Crippen molar-refractivity contribution in [3.63, 3.8) is 0 Å². The molecule has 1 unspecified atom stereocenters. The van der Waals surface area contributed by atoms with Gasteiger partial charge in [-0.1, -0.05) is 56.3 Å². The van der Waals surface area contributed by atoms with Gasteiger partial charge in [0.2, 0.25) is 5.91 Å². The summed E-state index contributed by atoms with van der Waals surface area (Å²) >= 11 is 1.54. The number of rotatable bonds is 30. The van der Waals surface area contributed by atoms with E-state index in [0.717, 1.165) is 80.3 Å². The molecule has 458 valence electrons. The largest absolute Gasteiger partial charge is 0.491 e. The number of anilines is 1. The summed E-state index contributed by atoms with van der Waals surface area (Å²) in [6.45, 7) is 19.1. The van der Waals surface area contributed by atoms with E-state index in [4.69, 9.17) is 28.4 Å². The third kappa shape index (κ3) is 15.5. The molecule has 3 atom stereocenters. The summed E-state index contributed by atoms with van der Waals surface area (Å²) in [5, 5.41) is 10.8. The smallest absolute Gasteiger partial charge is 0.255 e. The van der Waals surface area contributed by atoms with Crippen LogP contribution in [0, 0.1) is 33.6 Å². The fourth-order valence-electron chi connectivity index (χ4n) is 12.2. The molecule has 18 heteroatoms. The highest BCUT2D eigenvalue weighted by atomic mass is 32.1. The SMILES string of the molecule is CCN(c1cc(-c2ccc(OCCOCCOCCOCCOc3cc(-c4scnc4C)ccc3CCC(=O)C3C[C@@H](O)CN3C(=O)[C@H](C(C)C)N3Cc4ccccc4C3=O)cc2)cc(C(=O)CCc2c(C)cc(C)[nH]c2=O)c1C)C1CCOCC1. The Hall–Kier alpha value is -7.06. The summed E-state index contributed by atoms with van der Waals surface area (Å²) in [4.78, 5) is 82.7. The number of hydrogen-bond donors (Lipinski definition) is 2. The Bertz CT molecular complexity index is 3370. The van der Waals surface area contributed by atoms with Crippen molar-refractivity contribution in [2.75, 3.05) is 84.1 Å². The van der Waals surface area contributed by atoms with E-state index >= 15 is 0 Å². The maximum Gasteiger partial charge on any atom is 0.255 e. The monoisotopic (exact) mass is 1190 g/mol. The van der Waals surface area contributed by atoms with Gasteiger partial charge < -0.3 is 53.2 Å². The Labute approximate surface area is 508 Å². The molecule has 2 saturated heterocycles. The van der Waals surface area contributed by atoms with Gasteiger partial charge in [0.1, 0.15) is 30.8 Å². The minimum Gasteiger partial charge on any atom is -0.491 e. The van der Waals surface area contributed by atoms with Crippen LogP contribution in [-0.2, 0) is 47.9 Å². The lowest BCUT2D eigenvalue weighted by molar-refractivity contribution is -0.142. The maximum absolute atomic E-state index is 14.3. The summed E-state index contributed by atoms with van der Waals surface area (Å²) in [5.74, 6) is 0.434. The molecule has 2 N–H and O–H groups in total. The van der Waals surface area contributed by atoms with E-state index in [9.17, 15) is 29.1 Å². The van der Waals surface area contributed by atoms with Crippen molar-refractivity contribution in [1.82, 2.24) is 19.8 Å². The van der Waals surface area contributed by atoms with Gasteiger partial charge in [-0.25, -0.2) is 4.98 Å². The third-order valence-electron chi connectivity index (χ3n) is 16.7. The average Bonchev–Trinajstić information content (AvgIpc) is 1.71. The van der Waals surface area contributed by atoms with Gasteiger partial charge in [-0.3, -0.25) is 24.0 Å². The first-order valence-electron chi connectivity index (χ1n) is 30.3. The number of aromatic amines is 1. The number of thiazole rings is 1. The van der Waals surface area contributed by atoms with E-state index in [1.54, 1.807) is 22.3 Å². The van der Waals surface area contributed by atoms with Crippen LogP contribution in [0.2, 0.25) is 0 Å². The Kier molecular flexibility index (Phi) is 22.2. The number of β-amino-alcohol motifs (C(OH)–C–C–N with tert-alkyl or cyclic N) is 1. The molecule has 2 fully saturated rings. The number of aliphatic hydroxyl groups excluding tert-OH is 1. The second-order valence-electron chi connectivity index (χ2n) is 23.0. The maximum atomic E-state index is 14.3. The number of aliphatic hydroxyl groups is 1. The highest BCUT2D eigenvalue weighted by molar-refractivity contribution is 7.13. The van der Waals surface area contributed by atoms with Crippen molar-refractivity contribution in [3.05, 3.63) is 151 Å². The van der Waals surface area contributed by atoms with Crippen molar-refractivity contribution in [1.29, 1.82) is 0 Å². The van der Waals surface area contributed by atoms with E-state index in [2.05, 4.69) is 27.9 Å². The lowest BCUT2D eigenvalue weighted by Gasteiger charge is -2.37. The summed E-state index contributed by atoms with van der Waals surface area (Å²) in [6.07, 6.45) is 2.19. The number of carbonyl (C=O) groups excluding carboxylic acids is 4. The number of hydrogen-bond acceptors (Lipinski definition) is 15.